The number of anilines is 1. The highest BCUT2D eigenvalue weighted by atomic mass is 16.4. The van der Waals surface area contributed by atoms with Gasteiger partial charge in [0, 0.05) is 19.8 Å². The van der Waals surface area contributed by atoms with Gasteiger partial charge in [0.25, 0.3) is 5.70 Å². The lowest BCUT2D eigenvalue weighted by molar-refractivity contribution is -0.132. The first kappa shape index (κ1) is 15.3. The van der Waals surface area contributed by atoms with Crippen molar-refractivity contribution in [1.29, 1.82) is 0 Å². The van der Waals surface area contributed by atoms with Crippen molar-refractivity contribution in [2.45, 2.75) is 0 Å². The monoisotopic (exact) mass is 268 g/mol. The fourth-order valence-corrected chi connectivity index (χ4v) is 1.42. The molecule has 0 amide bonds. The van der Waals surface area contributed by atoms with E-state index in [1.807, 2.05) is 49.3 Å². The average Bonchev–Trinajstić information content (AvgIpc) is 2.42. The van der Waals surface area contributed by atoms with Crippen LogP contribution in [-0.2, 0) is 4.79 Å². The van der Waals surface area contributed by atoms with E-state index in [-0.39, 0.29) is 5.70 Å². The van der Waals surface area contributed by atoms with Gasteiger partial charge in [-0.25, -0.2) is 4.85 Å². The highest BCUT2D eigenvalue weighted by Crippen LogP contribution is 2.13. The second kappa shape index (κ2) is 7.59. The van der Waals surface area contributed by atoms with E-state index in [0.29, 0.717) is 0 Å². The van der Waals surface area contributed by atoms with Crippen LogP contribution < -0.4 is 4.90 Å². The number of hydrogen-bond donors (Lipinski definition) is 1. The molecule has 1 N–H and O–H groups in total. The molecule has 0 unspecified atom stereocenters. The van der Waals surface area contributed by atoms with Crippen molar-refractivity contribution in [3.8, 4) is 0 Å². The van der Waals surface area contributed by atoms with Gasteiger partial charge in [-0.3, -0.25) is 4.79 Å². The molecule has 0 fully saturated rings. The van der Waals surface area contributed by atoms with Crippen LogP contribution in [0.5, 0.6) is 0 Å². The number of allylic oxidation sites excluding steroid dienone is 4. The summed E-state index contributed by atoms with van der Waals surface area (Å²) in [7, 11) is 3.97. The van der Waals surface area contributed by atoms with Gasteiger partial charge in [0.05, 0.1) is 6.57 Å². The van der Waals surface area contributed by atoms with Crippen molar-refractivity contribution in [2.75, 3.05) is 19.0 Å². The molecule has 0 aromatic heterocycles. The maximum absolute atomic E-state index is 10.6. The lowest BCUT2D eigenvalue weighted by Gasteiger charge is -2.11. The molecule has 20 heavy (non-hydrogen) atoms. The molecule has 1 rings (SSSR count). The summed E-state index contributed by atoms with van der Waals surface area (Å²) in [6, 6.07) is 8.03. The topological polar surface area (TPSA) is 44.9 Å². The maximum Gasteiger partial charge on any atom is 0.333 e. The van der Waals surface area contributed by atoms with E-state index in [0.717, 1.165) is 11.3 Å². The quantitative estimate of drug-likeness (QED) is 0.506. The molecule has 0 bridgehead atoms. The third-order valence-corrected chi connectivity index (χ3v) is 2.51. The Morgan fingerprint density at radius 3 is 2.35 bits per heavy atom. The van der Waals surface area contributed by atoms with Crippen LogP contribution in [0.25, 0.3) is 10.9 Å². The Balaban J connectivity index is 2.65. The van der Waals surface area contributed by atoms with Gasteiger partial charge in [0.2, 0.25) is 0 Å². The van der Waals surface area contributed by atoms with Crippen molar-refractivity contribution in [3.05, 3.63) is 71.2 Å². The van der Waals surface area contributed by atoms with E-state index in [1.54, 1.807) is 12.2 Å². The molecule has 0 aliphatic heterocycles. The summed E-state index contributed by atoms with van der Waals surface area (Å²) >= 11 is 0. The van der Waals surface area contributed by atoms with Gasteiger partial charge in [-0.15, -0.1) is 0 Å². The Hall–Kier alpha value is -2.80. The van der Waals surface area contributed by atoms with Crippen LogP contribution in [0.4, 0.5) is 5.69 Å². The molecule has 4 heteroatoms. The number of benzene rings is 1. The molecule has 0 aliphatic carbocycles. The van der Waals surface area contributed by atoms with Gasteiger partial charge in [-0.2, -0.15) is 0 Å². The van der Waals surface area contributed by atoms with Crippen LogP contribution >= 0.6 is 0 Å². The Bertz CT molecular complexity index is 588. The number of carbonyl (C=O) groups is 1. The fraction of sp³-hybridized carbons (Fsp3) is 0.125. The first-order valence-corrected chi connectivity index (χ1v) is 5.98. The zero-order chi connectivity index (χ0) is 15.0. The average molecular weight is 268 g/mol. The Morgan fingerprint density at radius 1 is 1.20 bits per heavy atom. The zero-order valence-electron chi connectivity index (χ0n) is 11.4. The van der Waals surface area contributed by atoms with Crippen LogP contribution in [0.15, 0.2) is 54.3 Å². The number of hydrogen-bond acceptors (Lipinski definition) is 2. The van der Waals surface area contributed by atoms with Crippen LogP contribution in [-0.4, -0.2) is 25.2 Å². The molecule has 0 heterocycles. The Kier molecular flexibility index (Phi) is 5.79. The van der Waals surface area contributed by atoms with Gasteiger partial charge >= 0.3 is 5.97 Å². The third kappa shape index (κ3) is 4.83. The summed E-state index contributed by atoms with van der Waals surface area (Å²) < 4.78 is 0. The largest absolute Gasteiger partial charge is 0.486 e. The standard InChI is InChI=1S/C16H16N2O2/c1-17-15(16(19)20)8-6-4-5-7-13-9-11-14(12-10-13)18(2)3/h4-12H,2-3H3,(H,19,20). The summed E-state index contributed by atoms with van der Waals surface area (Å²) in [5.74, 6) is -1.21. The van der Waals surface area contributed by atoms with Crippen molar-refractivity contribution in [1.82, 2.24) is 0 Å². The summed E-state index contributed by atoms with van der Waals surface area (Å²) in [5, 5.41) is 8.64. The minimum absolute atomic E-state index is 0.301. The molecule has 4 nitrogen and oxygen atoms in total. The summed E-state index contributed by atoms with van der Waals surface area (Å²) in [6.45, 7) is 6.68. The normalized spacial score (nSPS) is 11.8. The van der Waals surface area contributed by atoms with Gasteiger partial charge in [-0.05, 0) is 23.8 Å². The zero-order valence-corrected chi connectivity index (χ0v) is 11.4. The smallest absolute Gasteiger partial charge is 0.333 e. The molecular weight excluding hydrogens is 252 g/mol. The third-order valence-electron chi connectivity index (χ3n) is 2.51. The SMILES string of the molecule is [C-]#[N+]C(=CC=CC=Cc1ccc(N(C)C)cc1)C(=O)O. The van der Waals surface area contributed by atoms with E-state index < -0.39 is 5.97 Å². The predicted octanol–water partition coefficient (Wildman–Crippen LogP) is 3.21. The van der Waals surface area contributed by atoms with Crippen molar-refractivity contribution < 1.29 is 9.90 Å². The number of nitrogens with zero attached hydrogens (tertiary/aromatic N) is 2. The van der Waals surface area contributed by atoms with Gasteiger partial charge < -0.3 is 10.0 Å². The highest BCUT2D eigenvalue weighted by Gasteiger charge is 2.02. The van der Waals surface area contributed by atoms with Gasteiger partial charge in [0.1, 0.15) is 0 Å². The van der Waals surface area contributed by atoms with E-state index in [1.165, 1.54) is 12.2 Å². The van der Waals surface area contributed by atoms with Crippen molar-refractivity contribution in [2.24, 2.45) is 0 Å². The molecule has 1 aromatic rings. The second-order valence-corrected chi connectivity index (χ2v) is 4.20. The molecule has 0 saturated heterocycles. The van der Waals surface area contributed by atoms with Gasteiger partial charge in [0.15, 0.2) is 0 Å². The molecule has 0 radical (unpaired) electrons. The number of rotatable bonds is 5. The molecule has 0 aliphatic rings. The van der Waals surface area contributed by atoms with E-state index >= 15 is 0 Å². The van der Waals surface area contributed by atoms with E-state index in [2.05, 4.69) is 4.85 Å². The highest BCUT2D eigenvalue weighted by molar-refractivity contribution is 5.88. The van der Waals surface area contributed by atoms with Crippen LogP contribution in [0.2, 0.25) is 0 Å². The van der Waals surface area contributed by atoms with Crippen LogP contribution in [0.1, 0.15) is 5.56 Å². The summed E-state index contributed by atoms with van der Waals surface area (Å²) in [5.41, 5.74) is 1.88. The predicted molar refractivity (Wildman–Crippen MR) is 81.3 cm³/mol. The minimum atomic E-state index is -1.21. The molecule has 102 valence electrons. The fourth-order valence-electron chi connectivity index (χ4n) is 1.42. The lowest BCUT2D eigenvalue weighted by atomic mass is 10.2. The molecular formula is C16H16N2O2. The van der Waals surface area contributed by atoms with E-state index in [9.17, 15) is 4.79 Å². The summed E-state index contributed by atoms with van der Waals surface area (Å²) in [6.07, 6.45) is 8.20. The maximum atomic E-state index is 10.6. The Labute approximate surface area is 118 Å². The van der Waals surface area contributed by atoms with Crippen molar-refractivity contribution in [3.63, 3.8) is 0 Å². The number of carboxylic acid groups (broad SMARTS) is 1. The molecule has 0 spiro atoms. The molecule has 0 saturated carbocycles. The van der Waals surface area contributed by atoms with E-state index in [4.69, 9.17) is 11.7 Å². The van der Waals surface area contributed by atoms with Gasteiger partial charge in [-0.1, -0.05) is 36.4 Å². The van der Waals surface area contributed by atoms with Crippen molar-refractivity contribution >= 4 is 17.7 Å². The molecule has 1 aromatic carbocycles. The first-order valence-electron chi connectivity index (χ1n) is 5.98. The number of carboxylic acids is 1. The lowest BCUT2D eigenvalue weighted by Crippen LogP contribution is -2.07. The Morgan fingerprint density at radius 2 is 1.85 bits per heavy atom. The van der Waals surface area contributed by atoms with Crippen LogP contribution in [0.3, 0.4) is 0 Å². The van der Waals surface area contributed by atoms with Crippen LogP contribution in [0, 0.1) is 6.57 Å². The summed E-state index contributed by atoms with van der Waals surface area (Å²) in [4.78, 5) is 15.5. The minimum Gasteiger partial charge on any atom is -0.486 e. The molecule has 0 atom stereocenters. The number of aliphatic carboxylic acids is 1. The second-order valence-electron chi connectivity index (χ2n) is 4.20. The first-order chi connectivity index (χ1) is 9.54.